The van der Waals surface area contributed by atoms with Gasteiger partial charge in [-0.05, 0) is 12.0 Å². The molecule has 0 saturated heterocycles. The van der Waals surface area contributed by atoms with Gasteiger partial charge in [-0.2, -0.15) is 0 Å². The lowest BCUT2D eigenvalue weighted by molar-refractivity contribution is 0.0691. The van der Waals surface area contributed by atoms with Crippen LogP contribution in [0.25, 0.3) is 0 Å². The van der Waals surface area contributed by atoms with Gasteiger partial charge in [-0.1, -0.05) is 13.8 Å². The fourth-order valence-electron chi connectivity index (χ4n) is 1.01. The van der Waals surface area contributed by atoms with Gasteiger partial charge in [0.1, 0.15) is 10.6 Å². The Bertz CT molecular complexity index is 475. The quantitative estimate of drug-likeness (QED) is 0.710. The van der Waals surface area contributed by atoms with Crippen molar-refractivity contribution >= 4 is 16.0 Å². The molecule has 0 unspecified atom stereocenters. The summed E-state index contributed by atoms with van der Waals surface area (Å²) in [5.74, 6) is -1.00. The molecule has 1 rings (SSSR count). The minimum Gasteiger partial charge on any atom is -0.477 e. The lowest BCUT2D eigenvalue weighted by atomic mass is 10.2. The summed E-state index contributed by atoms with van der Waals surface area (Å²) in [6, 6.07) is 1.09. The molecule has 0 atom stereocenters. The van der Waals surface area contributed by atoms with Crippen molar-refractivity contribution in [1.82, 2.24) is 9.71 Å². The summed E-state index contributed by atoms with van der Waals surface area (Å²) in [7, 11) is -3.61. The van der Waals surface area contributed by atoms with Crippen molar-refractivity contribution in [1.29, 1.82) is 0 Å². The van der Waals surface area contributed by atoms with Crippen LogP contribution in [0.1, 0.15) is 24.3 Å². The molecule has 0 spiro atoms. The number of carboxylic acids is 1. The summed E-state index contributed by atoms with van der Waals surface area (Å²) in [6.45, 7) is 4.07. The predicted octanol–water partition coefficient (Wildman–Crippen LogP) is 0.647. The van der Waals surface area contributed by atoms with Gasteiger partial charge in [-0.25, -0.2) is 17.9 Å². The standard InChI is InChI=1S/C9H14N2O4S/c1-6(2)4-11-16(14,15)7-3-8(9(12)13)10-5-7/h3,5-6,10-11H,4H2,1-2H3,(H,12,13). The zero-order valence-corrected chi connectivity index (χ0v) is 9.84. The number of hydrogen-bond acceptors (Lipinski definition) is 3. The number of H-pyrrole nitrogens is 1. The fourth-order valence-corrected chi connectivity index (χ4v) is 2.22. The van der Waals surface area contributed by atoms with E-state index in [1.54, 1.807) is 0 Å². The molecule has 0 saturated carbocycles. The Morgan fingerprint density at radius 1 is 1.56 bits per heavy atom. The van der Waals surface area contributed by atoms with Crippen molar-refractivity contribution in [2.24, 2.45) is 5.92 Å². The molecular weight excluding hydrogens is 232 g/mol. The first kappa shape index (κ1) is 12.7. The summed E-state index contributed by atoms with van der Waals surface area (Å²) in [6.07, 6.45) is 1.16. The number of sulfonamides is 1. The molecule has 7 heteroatoms. The first-order valence-corrected chi connectivity index (χ1v) is 6.22. The number of carboxylic acid groups (broad SMARTS) is 1. The van der Waals surface area contributed by atoms with E-state index in [1.165, 1.54) is 0 Å². The highest BCUT2D eigenvalue weighted by Crippen LogP contribution is 2.10. The van der Waals surface area contributed by atoms with E-state index in [0.717, 1.165) is 12.3 Å². The molecule has 1 aromatic rings. The molecule has 6 nitrogen and oxygen atoms in total. The zero-order chi connectivity index (χ0) is 12.3. The van der Waals surface area contributed by atoms with E-state index in [0.29, 0.717) is 6.54 Å². The number of aromatic carboxylic acids is 1. The van der Waals surface area contributed by atoms with Crippen LogP contribution in [-0.4, -0.2) is 31.0 Å². The molecule has 90 valence electrons. The third-order valence-electron chi connectivity index (χ3n) is 1.88. The maximum absolute atomic E-state index is 11.6. The molecule has 0 fully saturated rings. The van der Waals surface area contributed by atoms with Gasteiger partial charge in [0, 0.05) is 12.7 Å². The number of rotatable bonds is 5. The first-order chi connectivity index (χ1) is 7.33. The van der Waals surface area contributed by atoms with Crippen LogP contribution in [0.2, 0.25) is 0 Å². The maximum Gasteiger partial charge on any atom is 0.352 e. The van der Waals surface area contributed by atoms with Gasteiger partial charge in [0.05, 0.1) is 0 Å². The Morgan fingerprint density at radius 3 is 2.62 bits per heavy atom. The van der Waals surface area contributed by atoms with Gasteiger partial charge in [0.2, 0.25) is 10.0 Å². The molecule has 1 heterocycles. The highest BCUT2D eigenvalue weighted by Gasteiger charge is 2.17. The van der Waals surface area contributed by atoms with E-state index in [1.807, 2.05) is 13.8 Å². The van der Waals surface area contributed by atoms with Gasteiger partial charge in [0.25, 0.3) is 0 Å². The van der Waals surface area contributed by atoms with Crippen LogP contribution < -0.4 is 4.72 Å². The van der Waals surface area contributed by atoms with Crippen molar-refractivity contribution in [2.45, 2.75) is 18.7 Å². The molecule has 0 aliphatic rings. The lowest BCUT2D eigenvalue weighted by Gasteiger charge is -2.06. The average molecular weight is 246 g/mol. The number of aromatic nitrogens is 1. The second kappa shape index (κ2) is 4.67. The fraction of sp³-hybridized carbons (Fsp3) is 0.444. The minimum atomic E-state index is -3.61. The highest BCUT2D eigenvalue weighted by atomic mass is 32.2. The number of carbonyl (C=O) groups is 1. The van der Waals surface area contributed by atoms with Crippen molar-refractivity contribution < 1.29 is 18.3 Å². The summed E-state index contributed by atoms with van der Waals surface area (Å²) >= 11 is 0. The largest absolute Gasteiger partial charge is 0.477 e. The molecular formula is C9H14N2O4S. The molecule has 0 aliphatic carbocycles. The van der Waals surface area contributed by atoms with Gasteiger partial charge in [0.15, 0.2) is 0 Å². The number of aromatic amines is 1. The molecule has 3 N–H and O–H groups in total. The highest BCUT2D eigenvalue weighted by molar-refractivity contribution is 7.89. The van der Waals surface area contributed by atoms with Crippen LogP contribution in [0, 0.1) is 5.92 Å². The normalized spacial score (nSPS) is 11.9. The van der Waals surface area contributed by atoms with E-state index < -0.39 is 16.0 Å². The summed E-state index contributed by atoms with van der Waals surface area (Å²) in [5.41, 5.74) is -0.148. The van der Waals surface area contributed by atoms with Crippen LogP contribution in [0.4, 0.5) is 0 Å². The van der Waals surface area contributed by atoms with Crippen molar-refractivity contribution in [2.75, 3.05) is 6.54 Å². The monoisotopic (exact) mass is 246 g/mol. The van der Waals surface area contributed by atoms with Gasteiger partial charge in [-0.3, -0.25) is 0 Å². The van der Waals surface area contributed by atoms with E-state index in [4.69, 9.17) is 5.11 Å². The average Bonchev–Trinajstić information content (AvgIpc) is 2.64. The van der Waals surface area contributed by atoms with E-state index in [2.05, 4.69) is 9.71 Å². The molecule has 0 bridgehead atoms. The van der Waals surface area contributed by atoms with Crippen molar-refractivity contribution in [3.8, 4) is 0 Å². The Balaban J connectivity index is 2.86. The number of nitrogens with one attached hydrogen (secondary N) is 2. The Hall–Kier alpha value is -1.34. The van der Waals surface area contributed by atoms with Crippen LogP contribution in [-0.2, 0) is 10.0 Å². The Morgan fingerprint density at radius 2 is 2.19 bits per heavy atom. The maximum atomic E-state index is 11.6. The molecule has 16 heavy (non-hydrogen) atoms. The van der Waals surface area contributed by atoms with Gasteiger partial charge < -0.3 is 10.1 Å². The minimum absolute atomic E-state index is 0.0643. The topological polar surface area (TPSA) is 99.3 Å². The third kappa shape index (κ3) is 3.07. The molecule has 0 radical (unpaired) electrons. The Labute approximate surface area is 93.7 Å². The first-order valence-electron chi connectivity index (χ1n) is 4.74. The second-order valence-electron chi connectivity index (χ2n) is 3.80. The lowest BCUT2D eigenvalue weighted by Crippen LogP contribution is -2.27. The van der Waals surface area contributed by atoms with Crippen molar-refractivity contribution in [3.05, 3.63) is 18.0 Å². The third-order valence-corrected chi connectivity index (χ3v) is 3.28. The van der Waals surface area contributed by atoms with Crippen LogP contribution >= 0.6 is 0 Å². The van der Waals surface area contributed by atoms with E-state index >= 15 is 0 Å². The molecule has 0 aliphatic heterocycles. The van der Waals surface area contributed by atoms with E-state index in [-0.39, 0.29) is 16.5 Å². The number of hydrogen-bond donors (Lipinski definition) is 3. The summed E-state index contributed by atoms with van der Waals surface area (Å²) < 4.78 is 25.7. The van der Waals surface area contributed by atoms with E-state index in [9.17, 15) is 13.2 Å². The molecule has 1 aromatic heterocycles. The van der Waals surface area contributed by atoms with Crippen LogP contribution in [0.15, 0.2) is 17.2 Å². The zero-order valence-electron chi connectivity index (χ0n) is 9.02. The SMILES string of the molecule is CC(C)CNS(=O)(=O)c1c[nH]c(C(=O)O)c1. The van der Waals surface area contributed by atoms with Gasteiger partial charge >= 0.3 is 5.97 Å². The van der Waals surface area contributed by atoms with Crippen LogP contribution in [0.3, 0.4) is 0 Å². The predicted molar refractivity (Wildman–Crippen MR) is 57.8 cm³/mol. The summed E-state index contributed by atoms with van der Waals surface area (Å²) in [5, 5.41) is 8.64. The summed E-state index contributed by atoms with van der Waals surface area (Å²) in [4.78, 5) is 12.9. The second-order valence-corrected chi connectivity index (χ2v) is 5.57. The van der Waals surface area contributed by atoms with Crippen molar-refractivity contribution in [3.63, 3.8) is 0 Å². The Kier molecular flexibility index (Phi) is 3.71. The van der Waals surface area contributed by atoms with Gasteiger partial charge in [-0.15, -0.1) is 0 Å². The molecule has 0 amide bonds. The smallest absolute Gasteiger partial charge is 0.352 e. The van der Waals surface area contributed by atoms with Crippen LogP contribution in [0.5, 0.6) is 0 Å². The molecule has 0 aromatic carbocycles.